The van der Waals surface area contributed by atoms with Crippen LogP contribution in [0.5, 0.6) is 0 Å². The molecule has 2 aliphatic rings. The molecule has 2 aliphatic heterocycles. The fraction of sp³-hybridized carbons (Fsp3) is 0.400. The molecule has 1 unspecified atom stereocenters. The summed E-state index contributed by atoms with van der Waals surface area (Å²) >= 11 is 0. The summed E-state index contributed by atoms with van der Waals surface area (Å²) in [5.74, 6) is -1.29. The van der Waals surface area contributed by atoms with Crippen LogP contribution < -0.4 is 5.32 Å². The second-order valence-corrected chi connectivity index (χ2v) is 8.03. The topological polar surface area (TPSA) is 95.9 Å². The lowest BCUT2D eigenvalue weighted by Gasteiger charge is -2.27. The fourth-order valence-electron chi connectivity index (χ4n) is 2.72. The molecular formula is C15H16FN3O4S. The smallest absolute Gasteiger partial charge is 0.271 e. The molecular weight excluding hydrogens is 337 g/mol. The molecule has 2 heterocycles. The summed E-state index contributed by atoms with van der Waals surface area (Å²) in [6.45, 7) is 0. The number of amides is 2. The first-order valence-corrected chi connectivity index (χ1v) is 9.33. The summed E-state index contributed by atoms with van der Waals surface area (Å²) in [6.07, 6.45) is 0.610. The number of nitrogens with one attached hydrogen (secondary N) is 1. The Bertz CT molecular complexity index is 805. The highest BCUT2D eigenvalue weighted by Gasteiger charge is 2.37. The number of hydrogen-bond acceptors (Lipinski definition) is 5. The Morgan fingerprint density at radius 1 is 1.25 bits per heavy atom. The number of sulfone groups is 1. The van der Waals surface area contributed by atoms with E-state index in [4.69, 9.17) is 0 Å². The Balaban J connectivity index is 1.75. The predicted octanol–water partition coefficient (Wildman–Crippen LogP) is 0.930. The number of anilines is 1. The molecule has 1 aromatic carbocycles. The Morgan fingerprint density at radius 3 is 2.58 bits per heavy atom. The Labute approximate surface area is 138 Å². The molecule has 3 rings (SSSR count). The molecule has 0 bridgehead atoms. The van der Waals surface area contributed by atoms with Gasteiger partial charge in [-0.2, -0.15) is 5.10 Å². The van der Waals surface area contributed by atoms with Gasteiger partial charge in [-0.05, 0) is 30.7 Å². The van der Waals surface area contributed by atoms with Crippen LogP contribution in [0, 0.1) is 5.82 Å². The van der Waals surface area contributed by atoms with Crippen LogP contribution in [0.15, 0.2) is 29.4 Å². The zero-order valence-corrected chi connectivity index (χ0v) is 13.6. The van der Waals surface area contributed by atoms with E-state index in [1.807, 2.05) is 0 Å². The standard InChI is InChI=1S/C15H16FN3O4S/c16-10-1-3-11(4-2-10)17-15(21)13-5-6-14(20)19(18-13)12-7-8-24(22,23)9-12/h1-4,12H,5-9H2,(H,17,21). The molecule has 1 saturated heterocycles. The number of hydrazone groups is 1. The summed E-state index contributed by atoms with van der Waals surface area (Å²) in [4.78, 5) is 24.3. The summed E-state index contributed by atoms with van der Waals surface area (Å²) in [5.41, 5.74) is 0.569. The van der Waals surface area contributed by atoms with Gasteiger partial charge in [0.1, 0.15) is 11.5 Å². The average molecular weight is 353 g/mol. The van der Waals surface area contributed by atoms with E-state index in [0.29, 0.717) is 12.1 Å². The molecule has 0 radical (unpaired) electrons. The average Bonchev–Trinajstić information content (AvgIpc) is 2.90. The first-order chi connectivity index (χ1) is 11.3. The highest BCUT2D eigenvalue weighted by atomic mass is 32.2. The molecule has 1 N–H and O–H groups in total. The van der Waals surface area contributed by atoms with Gasteiger partial charge in [0, 0.05) is 18.5 Å². The van der Waals surface area contributed by atoms with Crippen molar-refractivity contribution in [2.45, 2.75) is 25.3 Å². The number of carbonyl (C=O) groups excluding carboxylic acids is 2. The summed E-state index contributed by atoms with van der Waals surface area (Å²) < 4.78 is 36.0. The molecule has 24 heavy (non-hydrogen) atoms. The maximum atomic E-state index is 12.9. The Morgan fingerprint density at radius 2 is 1.96 bits per heavy atom. The monoisotopic (exact) mass is 353 g/mol. The minimum Gasteiger partial charge on any atom is -0.321 e. The van der Waals surface area contributed by atoms with E-state index < -0.39 is 27.6 Å². The quantitative estimate of drug-likeness (QED) is 0.874. The maximum absolute atomic E-state index is 12.9. The van der Waals surface area contributed by atoms with Gasteiger partial charge < -0.3 is 5.32 Å². The van der Waals surface area contributed by atoms with Gasteiger partial charge in [0.05, 0.1) is 17.5 Å². The van der Waals surface area contributed by atoms with Gasteiger partial charge in [-0.15, -0.1) is 0 Å². The molecule has 0 aliphatic carbocycles. The van der Waals surface area contributed by atoms with Crippen molar-refractivity contribution < 1.29 is 22.4 Å². The normalized spacial score (nSPS) is 23.0. The van der Waals surface area contributed by atoms with E-state index in [0.717, 1.165) is 5.01 Å². The molecule has 1 atom stereocenters. The summed E-state index contributed by atoms with van der Waals surface area (Å²) in [6, 6.07) is 4.76. The van der Waals surface area contributed by atoms with Gasteiger partial charge in [0.25, 0.3) is 5.91 Å². The Kier molecular flexibility index (Phi) is 4.35. The van der Waals surface area contributed by atoms with Crippen LogP contribution >= 0.6 is 0 Å². The van der Waals surface area contributed by atoms with Crippen LogP contribution in [0.3, 0.4) is 0 Å². The highest BCUT2D eigenvalue weighted by molar-refractivity contribution is 7.91. The number of benzene rings is 1. The molecule has 1 fully saturated rings. The number of carbonyl (C=O) groups is 2. The molecule has 7 nitrogen and oxygen atoms in total. The van der Waals surface area contributed by atoms with E-state index in [2.05, 4.69) is 10.4 Å². The summed E-state index contributed by atoms with van der Waals surface area (Å²) in [7, 11) is -3.16. The first-order valence-electron chi connectivity index (χ1n) is 7.51. The lowest BCUT2D eigenvalue weighted by Crippen LogP contribution is -2.42. The number of rotatable bonds is 3. The van der Waals surface area contributed by atoms with Gasteiger partial charge >= 0.3 is 0 Å². The van der Waals surface area contributed by atoms with Gasteiger partial charge in [0.15, 0.2) is 9.84 Å². The van der Waals surface area contributed by atoms with Crippen LogP contribution in [-0.2, 0) is 19.4 Å². The number of halogens is 1. The van der Waals surface area contributed by atoms with Gasteiger partial charge in [-0.3, -0.25) is 9.59 Å². The zero-order valence-electron chi connectivity index (χ0n) is 12.7. The zero-order chi connectivity index (χ0) is 17.3. The lowest BCUT2D eigenvalue weighted by atomic mass is 10.1. The molecule has 2 amide bonds. The fourth-order valence-corrected chi connectivity index (χ4v) is 4.42. The third kappa shape index (κ3) is 3.61. The van der Waals surface area contributed by atoms with Crippen molar-refractivity contribution in [2.75, 3.05) is 16.8 Å². The summed E-state index contributed by atoms with van der Waals surface area (Å²) in [5, 5.41) is 7.79. The van der Waals surface area contributed by atoms with Crippen LogP contribution in [-0.4, -0.2) is 48.5 Å². The van der Waals surface area contributed by atoms with Crippen molar-refractivity contribution in [1.82, 2.24) is 5.01 Å². The predicted molar refractivity (Wildman–Crippen MR) is 85.6 cm³/mol. The van der Waals surface area contributed by atoms with Crippen LogP contribution in [0.1, 0.15) is 19.3 Å². The van der Waals surface area contributed by atoms with E-state index in [9.17, 15) is 22.4 Å². The molecule has 0 saturated carbocycles. The van der Waals surface area contributed by atoms with Crippen LogP contribution in [0.4, 0.5) is 10.1 Å². The lowest BCUT2D eigenvalue weighted by molar-refractivity contribution is -0.133. The van der Waals surface area contributed by atoms with Crippen LogP contribution in [0.2, 0.25) is 0 Å². The largest absolute Gasteiger partial charge is 0.321 e. The van der Waals surface area contributed by atoms with Gasteiger partial charge in [-0.1, -0.05) is 0 Å². The van der Waals surface area contributed by atoms with Gasteiger partial charge in [-0.25, -0.2) is 17.8 Å². The van der Waals surface area contributed by atoms with E-state index in [1.54, 1.807) is 0 Å². The third-order valence-electron chi connectivity index (χ3n) is 3.98. The van der Waals surface area contributed by atoms with Crippen molar-refractivity contribution >= 4 is 33.1 Å². The van der Waals surface area contributed by atoms with Crippen molar-refractivity contribution in [3.8, 4) is 0 Å². The van der Waals surface area contributed by atoms with Crippen molar-refractivity contribution in [1.29, 1.82) is 0 Å². The molecule has 0 aromatic heterocycles. The first kappa shape index (κ1) is 16.6. The van der Waals surface area contributed by atoms with Crippen molar-refractivity contribution in [3.63, 3.8) is 0 Å². The van der Waals surface area contributed by atoms with E-state index >= 15 is 0 Å². The van der Waals surface area contributed by atoms with Crippen molar-refractivity contribution in [3.05, 3.63) is 30.1 Å². The SMILES string of the molecule is O=C(Nc1ccc(F)cc1)C1=NN(C2CCS(=O)(=O)C2)C(=O)CC1. The molecule has 0 spiro atoms. The number of nitrogens with zero attached hydrogens (tertiary/aromatic N) is 2. The van der Waals surface area contributed by atoms with Gasteiger partial charge in [0.2, 0.25) is 5.91 Å². The van der Waals surface area contributed by atoms with Crippen LogP contribution in [0.25, 0.3) is 0 Å². The third-order valence-corrected chi connectivity index (χ3v) is 5.73. The molecule has 9 heteroatoms. The second-order valence-electron chi connectivity index (χ2n) is 5.80. The van der Waals surface area contributed by atoms with E-state index in [-0.39, 0.29) is 36.0 Å². The second kappa shape index (κ2) is 6.31. The minimum atomic E-state index is -3.16. The maximum Gasteiger partial charge on any atom is 0.271 e. The highest BCUT2D eigenvalue weighted by Crippen LogP contribution is 2.22. The molecule has 128 valence electrons. The van der Waals surface area contributed by atoms with Crippen molar-refractivity contribution in [2.24, 2.45) is 5.10 Å². The number of hydrogen-bond donors (Lipinski definition) is 1. The minimum absolute atomic E-state index is 0.0219. The molecule has 1 aromatic rings. The van der Waals surface area contributed by atoms with E-state index in [1.165, 1.54) is 24.3 Å². The Hall–Kier alpha value is -2.29.